The van der Waals surface area contributed by atoms with Crippen LogP contribution < -0.4 is 10.6 Å². The predicted octanol–water partition coefficient (Wildman–Crippen LogP) is 2.84. The fourth-order valence-electron chi connectivity index (χ4n) is 2.45. The minimum atomic E-state index is -0.155. The largest absolute Gasteiger partial charge is 0.326 e. The Kier molecular flexibility index (Phi) is 5.27. The van der Waals surface area contributed by atoms with Gasteiger partial charge >= 0.3 is 0 Å². The molecule has 9 heteroatoms. The number of fused-ring (bicyclic) bond motifs is 1. The maximum Gasteiger partial charge on any atom is 0.234 e. The van der Waals surface area contributed by atoms with Crippen molar-refractivity contribution in [3.63, 3.8) is 0 Å². The molecule has 0 bridgehead atoms. The summed E-state index contributed by atoms with van der Waals surface area (Å²) in [6.07, 6.45) is 0.842. The number of rotatable bonds is 6. The molecule has 0 fully saturated rings. The third kappa shape index (κ3) is 4.23. The van der Waals surface area contributed by atoms with E-state index in [9.17, 15) is 9.59 Å². The van der Waals surface area contributed by atoms with Crippen LogP contribution in [0.25, 0.3) is 4.96 Å². The maximum absolute atomic E-state index is 12.2. The molecule has 0 radical (unpaired) electrons. The average Bonchev–Trinajstić information content (AvgIpc) is 3.12. The van der Waals surface area contributed by atoms with E-state index in [1.54, 1.807) is 28.8 Å². The molecule has 0 saturated heterocycles. The van der Waals surface area contributed by atoms with E-state index in [4.69, 9.17) is 0 Å². The smallest absolute Gasteiger partial charge is 0.234 e. The van der Waals surface area contributed by atoms with Gasteiger partial charge in [0.1, 0.15) is 5.01 Å². The van der Waals surface area contributed by atoms with Gasteiger partial charge in [-0.15, -0.1) is 10.2 Å². The van der Waals surface area contributed by atoms with Crippen molar-refractivity contribution in [2.24, 2.45) is 0 Å². The van der Waals surface area contributed by atoms with E-state index in [0.29, 0.717) is 24.2 Å². The monoisotopic (exact) mass is 372 g/mol. The molecule has 2 N–H and O–H groups in total. The number of nitrogens with zero attached hydrogens (tertiary/aromatic N) is 4. The first-order valence-corrected chi connectivity index (χ1v) is 9.12. The molecule has 0 aliphatic carbocycles. The fraction of sp³-hybridized carbons (Fsp3) is 0.353. The van der Waals surface area contributed by atoms with Crippen LogP contribution in [-0.2, 0) is 16.0 Å². The van der Waals surface area contributed by atoms with Gasteiger partial charge in [-0.1, -0.05) is 31.3 Å². The molecule has 0 aliphatic rings. The summed E-state index contributed by atoms with van der Waals surface area (Å²) in [6, 6.07) is 7.04. The normalized spacial score (nSPS) is 11.1. The van der Waals surface area contributed by atoms with Gasteiger partial charge in [0.25, 0.3) is 0 Å². The van der Waals surface area contributed by atoms with Gasteiger partial charge < -0.3 is 10.6 Å². The highest BCUT2D eigenvalue weighted by atomic mass is 32.1. The Bertz CT molecular complexity index is 946. The molecule has 0 atom stereocenters. The fourth-order valence-corrected chi connectivity index (χ4v) is 3.29. The highest BCUT2D eigenvalue weighted by Crippen LogP contribution is 2.20. The minimum Gasteiger partial charge on any atom is -0.326 e. The summed E-state index contributed by atoms with van der Waals surface area (Å²) in [5.41, 5.74) is 1.28. The Morgan fingerprint density at radius 1 is 1.19 bits per heavy atom. The second-order valence-electron chi connectivity index (χ2n) is 6.21. The lowest BCUT2D eigenvalue weighted by Crippen LogP contribution is -2.13. The number of aromatic nitrogens is 4. The Morgan fingerprint density at radius 3 is 2.62 bits per heavy atom. The third-order valence-corrected chi connectivity index (χ3v) is 4.56. The third-order valence-electron chi connectivity index (χ3n) is 3.61. The van der Waals surface area contributed by atoms with Gasteiger partial charge in [0.15, 0.2) is 5.82 Å². The van der Waals surface area contributed by atoms with E-state index >= 15 is 0 Å². The number of hydrogen-bond donors (Lipinski definition) is 2. The molecule has 1 aromatic carbocycles. The molecule has 2 heterocycles. The van der Waals surface area contributed by atoms with Crippen molar-refractivity contribution in [2.75, 3.05) is 10.6 Å². The lowest BCUT2D eigenvalue weighted by atomic mass is 10.2. The van der Waals surface area contributed by atoms with Crippen LogP contribution in [0.4, 0.5) is 11.4 Å². The van der Waals surface area contributed by atoms with Crippen molar-refractivity contribution in [1.82, 2.24) is 19.8 Å². The van der Waals surface area contributed by atoms with Crippen LogP contribution in [0.1, 0.15) is 43.9 Å². The summed E-state index contributed by atoms with van der Waals surface area (Å²) in [7, 11) is 0. The van der Waals surface area contributed by atoms with Gasteiger partial charge in [0.2, 0.25) is 16.8 Å². The number of nitrogens with one attached hydrogen (secondary N) is 2. The second-order valence-corrected chi connectivity index (χ2v) is 7.25. The van der Waals surface area contributed by atoms with Gasteiger partial charge in [0, 0.05) is 37.1 Å². The standard InChI is InChI=1S/C17H20N6O2S/c1-10(2)16-20-21-17-23(16)22-15(26-17)8-7-14(25)19-13-6-4-5-12(9-13)18-11(3)24/h4-6,9-10H,7-8H2,1-3H3,(H,18,24)(H,19,25). The van der Waals surface area contributed by atoms with E-state index in [2.05, 4.69) is 25.9 Å². The lowest BCUT2D eigenvalue weighted by molar-refractivity contribution is -0.116. The van der Waals surface area contributed by atoms with Crippen LogP contribution >= 0.6 is 11.3 Å². The van der Waals surface area contributed by atoms with Crippen LogP contribution in [0.2, 0.25) is 0 Å². The lowest BCUT2D eigenvalue weighted by Gasteiger charge is -2.07. The Balaban J connectivity index is 1.60. The van der Waals surface area contributed by atoms with Crippen molar-refractivity contribution in [3.8, 4) is 0 Å². The highest BCUT2D eigenvalue weighted by molar-refractivity contribution is 7.16. The zero-order valence-corrected chi connectivity index (χ0v) is 15.6. The second kappa shape index (κ2) is 7.61. The first-order valence-electron chi connectivity index (χ1n) is 8.31. The summed E-state index contributed by atoms with van der Waals surface area (Å²) in [5, 5.41) is 19.1. The summed E-state index contributed by atoms with van der Waals surface area (Å²) < 4.78 is 1.75. The predicted molar refractivity (Wildman–Crippen MR) is 100 cm³/mol. The molecule has 8 nitrogen and oxygen atoms in total. The molecule has 0 saturated carbocycles. The molecule has 3 aromatic rings. The minimum absolute atomic E-state index is 0.111. The Hall–Kier alpha value is -2.81. The van der Waals surface area contributed by atoms with Crippen molar-refractivity contribution in [1.29, 1.82) is 0 Å². The van der Waals surface area contributed by atoms with Crippen LogP contribution in [-0.4, -0.2) is 31.6 Å². The van der Waals surface area contributed by atoms with Gasteiger partial charge in [-0.2, -0.15) is 9.61 Å². The van der Waals surface area contributed by atoms with Crippen molar-refractivity contribution < 1.29 is 9.59 Å². The van der Waals surface area contributed by atoms with Gasteiger partial charge in [-0.05, 0) is 18.2 Å². The van der Waals surface area contributed by atoms with Crippen molar-refractivity contribution >= 4 is 39.5 Å². The molecule has 136 valence electrons. The summed E-state index contributed by atoms with van der Waals surface area (Å²) >= 11 is 1.44. The number of carbonyl (C=O) groups is 2. The maximum atomic E-state index is 12.2. The molecule has 2 aromatic heterocycles. The number of benzene rings is 1. The number of aryl methyl sites for hydroxylation is 1. The van der Waals surface area contributed by atoms with Gasteiger partial charge in [-0.3, -0.25) is 9.59 Å². The molecule has 26 heavy (non-hydrogen) atoms. The zero-order chi connectivity index (χ0) is 18.7. The number of carbonyl (C=O) groups excluding carboxylic acids is 2. The number of amides is 2. The van der Waals surface area contributed by atoms with Crippen molar-refractivity contribution in [2.45, 2.75) is 39.5 Å². The zero-order valence-electron chi connectivity index (χ0n) is 14.8. The average molecular weight is 372 g/mol. The van der Waals surface area contributed by atoms with Gasteiger partial charge in [-0.25, -0.2) is 0 Å². The van der Waals surface area contributed by atoms with Crippen LogP contribution in [0, 0.1) is 0 Å². The number of hydrogen-bond acceptors (Lipinski definition) is 6. The molecular formula is C17H20N6O2S. The molecular weight excluding hydrogens is 352 g/mol. The summed E-state index contributed by atoms with van der Waals surface area (Å²) in [5.74, 6) is 0.790. The molecule has 0 aliphatic heterocycles. The van der Waals surface area contributed by atoms with Crippen LogP contribution in [0.15, 0.2) is 24.3 Å². The van der Waals surface area contributed by atoms with E-state index in [-0.39, 0.29) is 17.7 Å². The molecule has 0 unspecified atom stereocenters. The van der Waals surface area contributed by atoms with E-state index in [1.165, 1.54) is 18.3 Å². The topological polar surface area (TPSA) is 101 Å². The Labute approximate surface area is 154 Å². The van der Waals surface area contributed by atoms with Gasteiger partial charge in [0.05, 0.1) is 0 Å². The summed E-state index contributed by atoms with van der Waals surface area (Å²) in [4.78, 5) is 24.0. The summed E-state index contributed by atoms with van der Waals surface area (Å²) in [6.45, 7) is 5.52. The first-order chi connectivity index (χ1) is 12.4. The molecule has 3 rings (SSSR count). The van der Waals surface area contributed by atoms with E-state index < -0.39 is 0 Å². The number of anilines is 2. The van der Waals surface area contributed by atoms with Crippen molar-refractivity contribution in [3.05, 3.63) is 35.1 Å². The van der Waals surface area contributed by atoms with E-state index in [1.807, 2.05) is 13.8 Å². The van der Waals surface area contributed by atoms with Crippen LogP contribution in [0.5, 0.6) is 0 Å². The first kappa shape index (κ1) is 18.0. The SMILES string of the molecule is CC(=O)Nc1cccc(NC(=O)CCc2nn3c(C(C)C)nnc3s2)c1. The quantitative estimate of drug-likeness (QED) is 0.693. The highest BCUT2D eigenvalue weighted by Gasteiger charge is 2.15. The molecule has 2 amide bonds. The van der Waals surface area contributed by atoms with E-state index in [0.717, 1.165) is 15.8 Å². The molecule has 0 spiro atoms. The van der Waals surface area contributed by atoms with Crippen LogP contribution in [0.3, 0.4) is 0 Å². The Morgan fingerprint density at radius 2 is 1.92 bits per heavy atom.